The first-order valence-corrected chi connectivity index (χ1v) is 7.78. The van der Waals surface area contributed by atoms with Crippen LogP contribution in [-0.4, -0.2) is 11.7 Å². The van der Waals surface area contributed by atoms with Gasteiger partial charge in [-0.25, -0.2) is 4.79 Å². The fraction of sp³-hybridized carbons (Fsp3) is 0.611. The lowest BCUT2D eigenvalue weighted by molar-refractivity contribution is 0.0523. The van der Waals surface area contributed by atoms with Gasteiger partial charge in [0, 0.05) is 6.54 Å². The van der Waals surface area contributed by atoms with Crippen molar-refractivity contribution >= 4 is 6.09 Å². The van der Waals surface area contributed by atoms with Crippen LogP contribution in [0.1, 0.15) is 62.8 Å². The standard InChI is InChI=1S/C18H29NO2/c1-7-8-9-15-11-13(2)10-14(3)16(15)12-19-17(20)21-18(4,5)6/h10-11H,7-9,12H2,1-6H3,(H,19,20). The van der Waals surface area contributed by atoms with Crippen LogP contribution >= 0.6 is 0 Å². The molecule has 0 aromatic heterocycles. The van der Waals surface area contributed by atoms with Crippen LogP contribution in [0, 0.1) is 13.8 Å². The molecular formula is C18H29NO2. The third-order valence-electron chi connectivity index (χ3n) is 3.32. The van der Waals surface area contributed by atoms with Crippen molar-refractivity contribution in [2.45, 2.75) is 73.0 Å². The molecule has 1 aromatic rings. The second-order valence-electron chi connectivity index (χ2n) is 6.68. The van der Waals surface area contributed by atoms with Gasteiger partial charge in [0.1, 0.15) is 5.60 Å². The smallest absolute Gasteiger partial charge is 0.407 e. The number of nitrogens with one attached hydrogen (secondary N) is 1. The Morgan fingerprint density at radius 2 is 1.90 bits per heavy atom. The van der Waals surface area contributed by atoms with Crippen molar-refractivity contribution in [2.24, 2.45) is 0 Å². The first-order valence-electron chi connectivity index (χ1n) is 7.78. The van der Waals surface area contributed by atoms with Crippen LogP contribution in [0.3, 0.4) is 0 Å². The summed E-state index contributed by atoms with van der Waals surface area (Å²) in [5, 5.41) is 2.87. The van der Waals surface area contributed by atoms with Gasteiger partial charge in [-0.15, -0.1) is 0 Å². The van der Waals surface area contributed by atoms with Crippen molar-refractivity contribution in [3.05, 3.63) is 34.4 Å². The fourth-order valence-corrected chi connectivity index (χ4v) is 2.40. The summed E-state index contributed by atoms with van der Waals surface area (Å²) in [5.41, 5.74) is 4.61. The minimum absolute atomic E-state index is 0.357. The van der Waals surface area contributed by atoms with E-state index in [1.807, 2.05) is 20.8 Å². The van der Waals surface area contributed by atoms with Gasteiger partial charge in [-0.2, -0.15) is 0 Å². The number of amides is 1. The minimum atomic E-state index is -0.461. The Morgan fingerprint density at radius 1 is 1.24 bits per heavy atom. The maximum atomic E-state index is 11.8. The van der Waals surface area contributed by atoms with Gasteiger partial charge in [0.15, 0.2) is 0 Å². The van der Waals surface area contributed by atoms with Gasteiger partial charge in [0.05, 0.1) is 0 Å². The molecule has 0 atom stereocenters. The molecule has 1 rings (SSSR count). The molecule has 21 heavy (non-hydrogen) atoms. The molecule has 3 nitrogen and oxygen atoms in total. The van der Waals surface area contributed by atoms with E-state index >= 15 is 0 Å². The number of hydrogen-bond acceptors (Lipinski definition) is 2. The van der Waals surface area contributed by atoms with Crippen molar-refractivity contribution in [3.63, 3.8) is 0 Å². The Balaban J connectivity index is 2.79. The second kappa shape index (κ2) is 7.48. The number of hydrogen-bond donors (Lipinski definition) is 1. The topological polar surface area (TPSA) is 38.3 Å². The van der Waals surface area contributed by atoms with E-state index in [0.717, 1.165) is 6.42 Å². The molecule has 0 radical (unpaired) electrons. The molecule has 0 saturated carbocycles. The zero-order valence-electron chi connectivity index (χ0n) is 14.3. The van der Waals surface area contributed by atoms with E-state index in [-0.39, 0.29) is 6.09 Å². The lowest BCUT2D eigenvalue weighted by Gasteiger charge is -2.21. The zero-order valence-corrected chi connectivity index (χ0v) is 14.3. The molecule has 1 N–H and O–H groups in total. The van der Waals surface area contributed by atoms with Crippen LogP contribution < -0.4 is 5.32 Å². The predicted octanol–water partition coefficient (Wildman–Crippen LogP) is 4.67. The highest BCUT2D eigenvalue weighted by Crippen LogP contribution is 2.19. The average molecular weight is 291 g/mol. The summed E-state index contributed by atoms with van der Waals surface area (Å²) in [4.78, 5) is 11.8. The molecular weight excluding hydrogens is 262 g/mol. The number of carbonyl (C=O) groups is 1. The van der Waals surface area contributed by atoms with Gasteiger partial charge in [0.2, 0.25) is 0 Å². The van der Waals surface area contributed by atoms with Gasteiger partial charge in [0.25, 0.3) is 0 Å². The minimum Gasteiger partial charge on any atom is -0.444 e. The molecule has 3 heteroatoms. The Morgan fingerprint density at radius 3 is 2.48 bits per heavy atom. The molecule has 0 aliphatic rings. The summed E-state index contributed by atoms with van der Waals surface area (Å²) < 4.78 is 5.29. The van der Waals surface area contributed by atoms with Crippen LogP contribution in [0.2, 0.25) is 0 Å². The monoisotopic (exact) mass is 291 g/mol. The van der Waals surface area contributed by atoms with E-state index in [2.05, 4.69) is 38.2 Å². The second-order valence-corrected chi connectivity index (χ2v) is 6.68. The van der Waals surface area contributed by atoms with Crippen LogP contribution in [0.25, 0.3) is 0 Å². The van der Waals surface area contributed by atoms with Crippen molar-refractivity contribution in [1.82, 2.24) is 5.32 Å². The van der Waals surface area contributed by atoms with E-state index < -0.39 is 5.60 Å². The van der Waals surface area contributed by atoms with Crippen molar-refractivity contribution in [2.75, 3.05) is 0 Å². The Kier molecular flexibility index (Phi) is 6.25. The van der Waals surface area contributed by atoms with E-state index in [0.29, 0.717) is 6.54 Å². The SMILES string of the molecule is CCCCc1cc(C)cc(C)c1CNC(=O)OC(C)(C)C. The molecule has 0 fully saturated rings. The van der Waals surface area contributed by atoms with Crippen molar-refractivity contribution in [3.8, 4) is 0 Å². The Hall–Kier alpha value is -1.51. The van der Waals surface area contributed by atoms with E-state index in [1.165, 1.54) is 35.1 Å². The summed E-state index contributed by atoms with van der Waals surface area (Å²) in [6, 6.07) is 4.40. The normalized spacial score (nSPS) is 11.3. The Labute approximate surface area is 129 Å². The number of benzene rings is 1. The van der Waals surface area contributed by atoms with Gasteiger partial charge < -0.3 is 10.1 Å². The molecule has 0 spiro atoms. The number of ether oxygens (including phenoxy) is 1. The predicted molar refractivity (Wildman–Crippen MR) is 87.6 cm³/mol. The number of aryl methyl sites for hydroxylation is 3. The lowest BCUT2D eigenvalue weighted by atomic mass is 9.95. The van der Waals surface area contributed by atoms with Crippen LogP contribution in [0.4, 0.5) is 4.79 Å². The van der Waals surface area contributed by atoms with E-state index in [9.17, 15) is 4.79 Å². The molecule has 118 valence electrons. The molecule has 0 saturated heterocycles. The van der Waals surface area contributed by atoms with Crippen molar-refractivity contribution in [1.29, 1.82) is 0 Å². The fourth-order valence-electron chi connectivity index (χ4n) is 2.40. The molecule has 0 bridgehead atoms. The summed E-state index contributed by atoms with van der Waals surface area (Å²) in [5.74, 6) is 0. The zero-order chi connectivity index (χ0) is 16.0. The molecule has 0 aliphatic carbocycles. The van der Waals surface area contributed by atoms with E-state index in [4.69, 9.17) is 4.74 Å². The maximum absolute atomic E-state index is 11.8. The summed E-state index contributed by atoms with van der Waals surface area (Å²) in [6.07, 6.45) is 3.04. The van der Waals surface area contributed by atoms with Gasteiger partial charge in [-0.05, 0) is 64.2 Å². The summed E-state index contributed by atoms with van der Waals surface area (Å²) >= 11 is 0. The molecule has 1 aromatic carbocycles. The highest BCUT2D eigenvalue weighted by molar-refractivity contribution is 5.67. The van der Waals surface area contributed by atoms with E-state index in [1.54, 1.807) is 0 Å². The molecule has 0 heterocycles. The number of carbonyl (C=O) groups excluding carboxylic acids is 1. The van der Waals surface area contributed by atoms with Crippen LogP contribution in [0.5, 0.6) is 0 Å². The highest BCUT2D eigenvalue weighted by atomic mass is 16.6. The number of alkyl carbamates (subject to hydrolysis) is 1. The quantitative estimate of drug-likeness (QED) is 0.856. The lowest BCUT2D eigenvalue weighted by Crippen LogP contribution is -2.32. The summed E-state index contributed by atoms with van der Waals surface area (Å²) in [7, 11) is 0. The van der Waals surface area contributed by atoms with Gasteiger partial charge in [-0.3, -0.25) is 0 Å². The Bertz CT molecular complexity index is 487. The average Bonchev–Trinajstić information content (AvgIpc) is 2.32. The third-order valence-corrected chi connectivity index (χ3v) is 3.32. The van der Waals surface area contributed by atoms with Crippen LogP contribution in [0.15, 0.2) is 12.1 Å². The first-order chi connectivity index (χ1) is 9.73. The molecule has 0 aliphatic heterocycles. The molecule has 0 unspecified atom stereocenters. The first kappa shape index (κ1) is 17.5. The van der Waals surface area contributed by atoms with Gasteiger partial charge in [-0.1, -0.05) is 31.0 Å². The number of unbranched alkanes of at least 4 members (excludes halogenated alkanes) is 1. The summed E-state index contributed by atoms with van der Waals surface area (Å²) in [6.45, 7) is 12.6. The third kappa shape index (κ3) is 6.19. The maximum Gasteiger partial charge on any atom is 0.407 e. The molecule has 1 amide bonds. The number of rotatable bonds is 5. The van der Waals surface area contributed by atoms with Crippen LogP contribution in [-0.2, 0) is 17.7 Å². The highest BCUT2D eigenvalue weighted by Gasteiger charge is 2.16. The largest absolute Gasteiger partial charge is 0.444 e. The van der Waals surface area contributed by atoms with Crippen molar-refractivity contribution < 1.29 is 9.53 Å². The van der Waals surface area contributed by atoms with Gasteiger partial charge >= 0.3 is 6.09 Å².